The Hall–Kier alpha value is -1.05. The first-order valence-electron chi connectivity index (χ1n) is 4.82. The second-order valence-electron chi connectivity index (χ2n) is 3.49. The van der Waals surface area contributed by atoms with Crippen LogP contribution < -0.4 is 0 Å². The fourth-order valence-corrected chi connectivity index (χ4v) is 1.83. The largest absolute Gasteiger partial charge is 0.390 e. The zero-order valence-corrected chi connectivity index (χ0v) is 10.3. The first-order valence-corrected chi connectivity index (χ1v) is 5.95. The Morgan fingerprint density at radius 1 is 1.41 bits per heavy atom. The van der Waals surface area contributed by atoms with Crippen LogP contribution >= 0.6 is 15.9 Å². The van der Waals surface area contributed by atoms with Gasteiger partial charge in [0.25, 0.3) is 5.69 Å². The summed E-state index contributed by atoms with van der Waals surface area (Å²) in [6.07, 6.45) is -2.19. The van der Waals surface area contributed by atoms with Crippen molar-refractivity contribution < 1.29 is 19.5 Å². The molecule has 0 fully saturated rings. The van der Waals surface area contributed by atoms with Crippen molar-refractivity contribution in [2.24, 2.45) is 0 Å². The van der Waals surface area contributed by atoms with Crippen LogP contribution in [0.3, 0.4) is 0 Å². The van der Waals surface area contributed by atoms with E-state index in [9.17, 15) is 24.7 Å². The Morgan fingerprint density at radius 2 is 2.06 bits per heavy atom. The Labute approximate surface area is 105 Å². The second kappa shape index (κ2) is 6.04. The van der Waals surface area contributed by atoms with Gasteiger partial charge in [0.05, 0.1) is 17.1 Å². The van der Waals surface area contributed by atoms with E-state index in [2.05, 4.69) is 15.9 Å². The summed E-state index contributed by atoms with van der Waals surface area (Å²) in [7, 11) is 0. The Morgan fingerprint density at radius 3 is 2.59 bits per heavy atom. The molecule has 1 rings (SSSR count). The molecule has 1 aromatic rings. The average Bonchev–Trinajstić information content (AvgIpc) is 2.27. The minimum absolute atomic E-state index is 0.00912. The van der Waals surface area contributed by atoms with Gasteiger partial charge in [0.2, 0.25) is 0 Å². The molecule has 0 aliphatic carbocycles. The summed E-state index contributed by atoms with van der Waals surface area (Å²) in [4.78, 5) is 9.76. The SMILES string of the molecule is O=[N+]([O-])c1cc(F)cc(C(O)C(O)CCBr)c1. The van der Waals surface area contributed by atoms with Crippen LogP contribution in [0.2, 0.25) is 0 Å². The van der Waals surface area contributed by atoms with Gasteiger partial charge in [0.1, 0.15) is 11.9 Å². The molecular weight excluding hydrogens is 297 g/mol. The van der Waals surface area contributed by atoms with E-state index in [1.54, 1.807) is 0 Å². The average molecular weight is 308 g/mol. The Bertz CT molecular complexity index is 415. The highest BCUT2D eigenvalue weighted by atomic mass is 79.9. The predicted octanol–water partition coefficient (Wildman–Crippen LogP) is 1.91. The number of alkyl halides is 1. The molecule has 2 atom stereocenters. The van der Waals surface area contributed by atoms with Gasteiger partial charge in [0, 0.05) is 11.4 Å². The van der Waals surface area contributed by atoms with Gasteiger partial charge in [-0.15, -0.1) is 0 Å². The highest BCUT2D eigenvalue weighted by molar-refractivity contribution is 9.09. The summed E-state index contributed by atoms with van der Waals surface area (Å²) in [5, 5.41) is 30.2. The minimum atomic E-state index is -1.35. The highest BCUT2D eigenvalue weighted by Gasteiger charge is 2.21. The molecule has 0 heterocycles. The maximum absolute atomic E-state index is 13.1. The maximum Gasteiger partial charge on any atom is 0.272 e. The third-order valence-corrected chi connectivity index (χ3v) is 2.68. The molecular formula is C10H11BrFNO4. The summed E-state index contributed by atoms with van der Waals surface area (Å²) >= 11 is 3.09. The smallest absolute Gasteiger partial charge is 0.272 e. The van der Waals surface area contributed by atoms with Crippen molar-refractivity contribution in [1.29, 1.82) is 0 Å². The van der Waals surface area contributed by atoms with Crippen LogP contribution in [0, 0.1) is 15.9 Å². The molecule has 0 amide bonds. The number of nitrogens with zero attached hydrogens (tertiary/aromatic N) is 1. The quantitative estimate of drug-likeness (QED) is 0.494. The molecule has 7 heteroatoms. The van der Waals surface area contributed by atoms with E-state index in [1.807, 2.05) is 0 Å². The van der Waals surface area contributed by atoms with Gasteiger partial charge in [-0.25, -0.2) is 4.39 Å². The van der Waals surface area contributed by atoms with Crippen molar-refractivity contribution in [1.82, 2.24) is 0 Å². The number of aliphatic hydroxyl groups excluding tert-OH is 2. The van der Waals surface area contributed by atoms with E-state index >= 15 is 0 Å². The van der Waals surface area contributed by atoms with Gasteiger partial charge in [-0.2, -0.15) is 0 Å². The van der Waals surface area contributed by atoms with E-state index in [0.29, 0.717) is 5.33 Å². The lowest BCUT2D eigenvalue weighted by atomic mass is 10.0. The molecule has 0 aromatic heterocycles. The Balaban J connectivity index is 3.01. The predicted molar refractivity (Wildman–Crippen MR) is 62.4 cm³/mol. The molecule has 0 bridgehead atoms. The lowest BCUT2D eigenvalue weighted by Gasteiger charge is -2.17. The van der Waals surface area contributed by atoms with Crippen LogP contribution in [0.25, 0.3) is 0 Å². The standard InChI is InChI=1S/C10H11BrFNO4/c11-2-1-9(14)10(15)6-3-7(12)5-8(4-6)13(16)17/h3-5,9-10,14-15H,1-2H2. The Kier molecular flexibility index (Phi) is 4.98. The van der Waals surface area contributed by atoms with Crippen molar-refractivity contribution in [3.63, 3.8) is 0 Å². The molecule has 17 heavy (non-hydrogen) atoms. The van der Waals surface area contributed by atoms with Crippen LogP contribution in [-0.2, 0) is 0 Å². The van der Waals surface area contributed by atoms with Gasteiger partial charge < -0.3 is 10.2 Å². The third-order valence-electron chi connectivity index (χ3n) is 2.23. The maximum atomic E-state index is 13.1. The summed E-state index contributed by atoms with van der Waals surface area (Å²) in [6, 6.07) is 2.77. The van der Waals surface area contributed by atoms with Crippen LogP contribution in [0.4, 0.5) is 10.1 Å². The van der Waals surface area contributed by atoms with Gasteiger partial charge in [-0.1, -0.05) is 15.9 Å². The monoisotopic (exact) mass is 307 g/mol. The van der Waals surface area contributed by atoms with E-state index in [-0.39, 0.29) is 12.0 Å². The summed E-state index contributed by atoms with van der Waals surface area (Å²) in [5.41, 5.74) is -0.463. The molecule has 2 unspecified atom stereocenters. The minimum Gasteiger partial charge on any atom is -0.390 e. The van der Waals surface area contributed by atoms with E-state index in [0.717, 1.165) is 18.2 Å². The third kappa shape index (κ3) is 3.72. The first-order chi connectivity index (χ1) is 7.95. The van der Waals surface area contributed by atoms with Crippen molar-refractivity contribution in [3.05, 3.63) is 39.7 Å². The number of nitro benzene ring substituents is 1. The fourth-order valence-electron chi connectivity index (χ4n) is 1.36. The number of halogens is 2. The highest BCUT2D eigenvalue weighted by Crippen LogP contribution is 2.24. The molecule has 0 aliphatic rings. The van der Waals surface area contributed by atoms with Crippen molar-refractivity contribution >= 4 is 21.6 Å². The van der Waals surface area contributed by atoms with E-state index in [1.165, 1.54) is 0 Å². The van der Waals surface area contributed by atoms with Gasteiger partial charge in [0.15, 0.2) is 0 Å². The van der Waals surface area contributed by atoms with E-state index in [4.69, 9.17) is 0 Å². The molecule has 0 saturated carbocycles. The lowest BCUT2D eigenvalue weighted by Crippen LogP contribution is -2.18. The molecule has 0 aliphatic heterocycles. The summed E-state index contributed by atoms with van der Waals surface area (Å²) in [5.74, 6) is -0.820. The molecule has 0 saturated heterocycles. The topological polar surface area (TPSA) is 83.6 Å². The summed E-state index contributed by atoms with van der Waals surface area (Å²) < 4.78 is 13.1. The number of hydrogen-bond donors (Lipinski definition) is 2. The van der Waals surface area contributed by atoms with Crippen molar-refractivity contribution in [3.8, 4) is 0 Å². The zero-order chi connectivity index (χ0) is 13.0. The molecule has 1 aromatic carbocycles. The van der Waals surface area contributed by atoms with Gasteiger partial charge >= 0.3 is 0 Å². The van der Waals surface area contributed by atoms with Crippen molar-refractivity contribution in [2.75, 3.05) is 5.33 Å². The van der Waals surface area contributed by atoms with Crippen LogP contribution in [0.5, 0.6) is 0 Å². The van der Waals surface area contributed by atoms with Crippen LogP contribution in [0.1, 0.15) is 18.1 Å². The number of non-ortho nitro benzene ring substituents is 1. The van der Waals surface area contributed by atoms with Crippen LogP contribution in [0.15, 0.2) is 18.2 Å². The number of nitro groups is 1. The second-order valence-corrected chi connectivity index (χ2v) is 4.28. The zero-order valence-electron chi connectivity index (χ0n) is 8.72. The van der Waals surface area contributed by atoms with Gasteiger partial charge in [-0.05, 0) is 18.1 Å². The molecule has 0 radical (unpaired) electrons. The number of rotatable bonds is 5. The number of aliphatic hydroxyl groups is 2. The van der Waals surface area contributed by atoms with Crippen molar-refractivity contribution in [2.45, 2.75) is 18.6 Å². The lowest BCUT2D eigenvalue weighted by molar-refractivity contribution is -0.385. The normalized spacial score (nSPS) is 14.4. The fraction of sp³-hybridized carbons (Fsp3) is 0.400. The van der Waals surface area contributed by atoms with Gasteiger partial charge in [-0.3, -0.25) is 10.1 Å². The summed E-state index contributed by atoms with van der Waals surface area (Å²) in [6.45, 7) is 0. The first kappa shape index (κ1) is 14.0. The molecule has 2 N–H and O–H groups in total. The van der Waals surface area contributed by atoms with E-state index < -0.39 is 28.6 Å². The molecule has 94 valence electrons. The van der Waals surface area contributed by atoms with Crippen LogP contribution in [-0.4, -0.2) is 26.6 Å². The molecule has 5 nitrogen and oxygen atoms in total. The number of benzene rings is 1. The molecule has 0 spiro atoms. The number of hydrogen-bond acceptors (Lipinski definition) is 4.